The van der Waals surface area contributed by atoms with Crippen molar-refractivity contribution in [2.45, 2.75) is 38.8 Å². The van der Waals surface area contributed by atoms with Crippen molar-refractivity contribution < 1.29 is 9.32 Å². The standard InChI is InChI=1S/C17H21ClN4O2/c1-10-7-8-19-14(9-10)16(23)20-11(2)15-21-17(24-22-15)12-3-5-13(18)6-4-12/h3-6,10-11,14,19H,7-9H2,1-2H3,(H,20,23). The van der Waals surface area contributed by atoms with Gasteiger partial charge in [-0.15, -0.1) is 0 Å². The summed E-state index contributed by atoms with van der Waals surface area (Å²) in [7, 11) is 0. The second kappa shape index (κ2) is 7.32. The predicted octanol–water partition coefficient (Wildman–Crippen LogP) is 2.96. The number of nitrogens with one attached hydrogen (secondary N) is 2. The van der Waals surface area contributed by atoms with Gasteiger partial charge in [-0.05, 0) is 56.5 Å². The molecule has 6 nitrogen and oxygen atoms in total. The van der Waals surface area contributed by atoms with Gasteiger partial charge in [0.2, 0.25) is 5.91 Å². The fourth-order valence-electron chi connectivity index (χ4n) is 2.81. The van der Waals surface area contributed by atoms with Crippen molar-refractivity contribution in [3.63, 3.8) is 0 Å². The molecule has 0 saturated carbocycles. The first-order valence-corrected chi connectivity index (χ1v) is 8.54. The van der Waals surface area contributed by atoms with E-state index in [4.69, 9.17) is 16.1 Å². The molecule has 1 fully saturated rings. The van der Waals surface area contributed by atoms with E-state index in [1.807, 2.05) is 19.1 Å². The molecule has 1 aliphatic rings. The molecule has 1 amide bonds. The Morgan fingerprint density at radius 1 is 1.42 bits per heavy atom. The number of carbonyl (C=O) groups is 1. The highest BCUT2D eigenvalue weighted by Gasteiger charge is 2.26. The fraction of sp³-hybridized carbons (Fsp3) is 0.471. The normalized spacial score (nSPS) is 22.1. The van der Waals surface area contributed by atoms with Crippen LogP contribution in [0.25, 0.3) is 11.5 Å². The van der Waals surface area contributed by atoms with E-state index in [2.05, 4.69) is 27.7 Å². The molecule has 2 N–H and O–H groups in total. The number of nitrogens with zero attached hydrogens (tertiary/aromatic N) is 2. The van der Waals surface area contributed by atoms with Crippen LogP contribution in [0, 0.1) is 5.92 Å². The molecule has 3 atom stereocenters. The van der Waals surface area contributed by atoms with Gasteiger partial charge >= 0.3 is 0 Å². The van der Waals surface area contributed by atoms with Crippen LogP contribution in [-0.4, -0.2) is 28.6 Å². The third kappa shape index (κ3) is 3.94. The molecule has 0 radical (unpaired) electrons. The number of rotatable bonds is 4. The third-order valence-corrected chi connectivity index (χ3v) is 4.51. The molecule has 2 heterocycles. The number of amides is 1. The van der Waals surface area contributed by atoms with E-state index in [-0.39, 0.29) is 18.0 Å². The fourth-order valence-corrected chi connectivity index (χ4v) is 2.93. The van der Waals surface area contributed by atoms with Crippen LogP contribution in [0.15, 0.2) is 28.8 Å². The van der Waals surface area contributed by atoms with Gasteiger partial charge in [-0.3, -0.25) is 4.79 Å². The van der Waals surface area contributed by atoms with Crippen LogP contribution in [0.1, 0.15) is 38.6 Å². The number of hydrogen-bond acceptors (Lipinski definition) is 5. The Kier molecular flexibility index (Phi) is 5.16. The quantitative estimate of drug-likeness (QED) is 0.888. The van der Waals surface area contributed by atoms with Crippen LogP contribution < -0.4 is 10.6 Å². The summed E-state index contributed by atoms with van der Waals surface area (Å²) in [6.07, 6.45) is 1.95. The van der Waals surface area contributed by atoms with Crippen LogP contribution in [-0.2, 0) is 4.79 Å². The molecule has 128 valence electrons. The first-order valence-electron chi connectivity index (χ1n) is 8.16. The lowest BCUT2D eigenvalue weighted by atomic mass is 9.94. The number of aromatic nitrogens is 2. The predicted molar refractivity (Wildman–Crippen MR) is 91.5 cm³/mol. The maximum absolute atomic E-state index is 12.4. The zero-order valence-electron chi connectivity index (χ0n) is 13.8. The molecule has 24 heavy (non-hydrogen) atoms. The number of piperidine rings is 1. The maximum atomic E-state index is 12.4. The van der Waals surface area contributed by atoms with Crippen LogP contribution in [0.3, 0.4) is 0 Å². The highest BCUT2D eigenvalue weighted by molar-refractivity contribution is 6.30. The lowest BCUT2D eigenvalue weighted by molar-refractivity contribution is -0.124. The van der Waals surface area contributed by atoms with Gasteiger partial charge < -0.3 is 15.2 Å². The zero-order chi connectivity index (χ0) is 17.1. The number of hydrogen-bond donors (Lipinski definition) is 2. The smallest absolute Gasteiger partial charge is 0.257 e. The van der Waals surface area contributed by atoms with Gasteiger partial charge in [0.25, 0.3) is 5.89 Å². The molecular formula is C17H21ClN4O2. The van der Waals surface area contributed by atoms with Crippen LogP contribution in [0.2, 0.25) is 5.02 Å². The molecule has 2 aromatic rings. The zero-order valence-corrected chi connectivity index (χ0v) is 14.5. The van der Waals surface area contributed by atoms with Gasteiger partial charge in [0, 0.05) is 10.6 Å². The van der Waals surface area contributed by atoms with E-state index in [9.17, 15) is 4.79 Å². The van der Waals surface area contributed by atoms with E-state index in [0.717, 1.165) is 24.9 Å². The molecule has 3 rings (SSSR count). The van der Waals surface area contributed by atoms with Gasteiger partial charge in [-0.2, -0.15) is 4.98 Å². The van der Waals surface area contributed by atoms with Crippen LogP contribution >= 0.6 is 11.6 Å². The SMILES string of the molecule is CC1CCNC(C(=O)NC(C)c2noc(-c3ccc(Cl)cc3)n2)C1. The van der Waals surface area contributed by atoms with Crippen molar-refractivity contribution in [1.29, 1.82) is 0 Å². The summed E-state index contributed by atoms with van der Waals surface area (Å²) in [6.45, 7) is 4.89. The second-order valence-electron chi connectivity index (χ2n) is 6.33. The molecule has 0 spiro atoms. The van der Waals surface area contributed by atoms with Crippen molar-refractivity contribution in [1.82, 2.24) is 20.8 Å². The molecular weight excluding hydrogens is 328 g/mol. The van der Waals surface area contributed by atoms with E-state index in [0.29, 0.717) is 22.7 Å². The average molecular weight is 349 g/mol. The lowest BCUT2D eigenvalue weighted by Crippen LogP contribution is -2.48. The molecule has 1 saturated heterocycles. The first kappa shape index (κ1) is 16.9. The van der Waals surface area contributed by atoms with Gasteiger partial charge in [0.15, 0.2) is 5.82 Å². The molecule has 0 bridgehead atoms. The maximum Gasteiger partial charge on any atom is 0.257 e. The van der Waals surface area contributed by atoms with Gasteiger partial charge in [-0.1, -0.05) is 23.7 Å². The summed E-state index contributed by atoms with van der Waals surface area (Å²) < 4.78 is 5.28. The number of carbonyl (C=O) groups excluding carboxylic acids is 1. The van der Waals surface area contributed by atoms with Crippen LogP contribution in [0.5, 0.6) is 0 Å². The molecule has 1 aromatic heterocycles. The minimum absolute atomic E-state index is 0.0214. The summed E-state index contributed by atoms with van der Waals surface area (Å²) in [6, 6.07) is 6.69. The third-order valence-electron chi connectivity index (χ3n) is 4.26. The van der Waals surface area contributed by atoms with Crippen molar-refractivity contribution in [3.8, 4) is 11.5 Å². The van der Waals surface area contributed by atoms with E-state index < -0.39 is 0 Å². The van der Waals surface area contributed by atoms with Gasteiger partial charge in [-0.25, -0.2) is 0 Å². The number of halogens is 1. The van der Waals surface area contributed by atoms with E-state index >= 15 is 0 Å². The van der Waals surface area contributed by atoms with Crippen molar-refractivity contribution >= 4 is 17.5 Å². The molecule has 0 aliphatic carbocycles. The summed E-state index contributed by atoms with van der Waals surface area (Å²) in [5, 5.41) is 10.8. The lowest BCUT2D eigenvalue weighted by Gasteiger charge is -2.27. The van der Waals surface area contributed by atoms with Crippen LogP contribution in [0.4, 0.5) is 0 Å². The molecule has 1 aromatic carbocycles. The molecule has 7 heteroatoms. The Labute approximate surface area is 146 Å². The summed E-state index contributed by atoms with van der Waals surface area (Å²) in [5.74, 6) is 1.40. The second-order valence-corrected chi connectivity index (χ2v) is 6.77. The highest BCUT2D eigenvalue weighted by Crippen LogP contribution is 2.22. The monoisotopic (exact) mass is 348 g/mol. The largest absolute Gasteiger partial charge is 0.345 e. The summed E-state index contributed by atoms with van der Waals surface area (Å²) in [4.78, 5) is 16.7. The minimum atomic E-state index is -0.318. The van der Waals surface area contributed by atoms with Gasteiger partial charge in [0.05, 0.1) is 12.1 Å². The topological polar surface area (TPSA) is 80.0 Å². The summed E-state index contributed by atoms with van der Waals surface area (Å²) >= 11 is 5.88. The molecule has 3 unspecified atom stereocenters. The Morgan fingerprint density at radius 3 is 2.88 bits per heavy atom. The van der Waals surface area contributed by atoms with Crippen molar-refractivity contribution in [3.05, 3.63) is 35.1 Å². The number of benzene rings is 1. The summed E-state index contributed by atoms with van der Waals surface area (Å²) in [5.41, 5.74) is 0.791. The van der Waals surface area contributed by atoms with Gasteiger partial charge in [0.1, 0.15) is 0 Å². The highest BCUT2D eigenvalue weighted by atomic mass is 35.5. The Balaban J connectivity index is 1.64. The minimum Gasteiger partial charge on any atom is -0.345 e. The Bertz CT molecular complexity index is 701. The Morgan fingerprint density at radius 2 is 2.17 bits per heavy atom. The average Bonchev–Trinajstić information content (AvgIpc) is 3.05. The van der Waals surface area contributed by atoms with E-state index in [1.165, 1.54) is 0 Å². The van der Waals surface area contributed by atoms with Crippen molar-refractivity contribution in [2.75, 3.05) is 6.54 Å². The first-order chi connectivity index (χ1) is 11.5. The Hall–Kier alpha value is -1.92. The van der Waals surface area contributed by atoms with Crippen molar-refractivity contribution in [2.24, 2.45) is 5.92 Å². The molecule has 1 aliphatic heterocycles. The van der Waals surface area contributed by atoms with E-state index in [1.54, 1.807) is 12.1 Å².